The fourth-order valence-electron chi connectivity index (χ4n) is 5.43. The number of carbonyl (C=O) groups excluding carboxylic acids is 2. The molecule has 2 N–H and O–H groups in total. The molecule has 10 heteroatoms. The van der Waals surface area contributed by atoms with Crippen molar-refractivity contribution < 1.29 is 22.8 Å². The summed E-state index contributed by atoms with van der Waals surface area (Å²) in [5, 5.41) is 4.87. The second-order valence-corrected chi connectivity index (χ2v) is 10.0. The lowest BCUT2D eigenvalue weighted by atomic mass is 9.64. The number of nitrogens with one attached hydrogen (secondary N) is 2. The third kappa shape index (κ3) is 5.49. The number of likely N-dealkylation sites (tertiary alicyclic amines) is 1. The number of carbonyl (C=O) groups is 2. The van der Waals surface area contributed by atoms with E-state index in [0.29, 0.717) is 19.2 Å². The van der Waals surface area contributed by atoms with Crippen LogP contribution in [-0.2, 0) is 16.4 Å². The summed E-state index contributed by atoms with van der Waals surface area (Å²) in [6.45, 7) is 3.93. The maximum atomic E-state index is 13.1. The molecule has 1 saturated carbocycles. The van der Waals surface area contributed by atoms with Crippen molar-refractivity contribution in [3.8, 4) is 0 Å². The number of halogens is 3. The number of hydrogen-bond donors (Lipinski definition) is 2. The van der Waals surface area contributed by atoms with Crippen molar-refractivity contribution >= 4 is 23.4 Å². The maximum absolute atomic E-state index is 13.1. The Balaban J connectivity index is 1.21. The van der Waals surface area contributed by atoms with E-state index in [1.807, 2.05) is 12.1 Å². The highest BCUT2D eigenvalue weighted by Crippen LogP contribution is 2.45. The molecule has 3 amide bonds. The molecule has 3 heterocycles. The van der Waals surface area contributed by atoms with Gasteiger partial charge in [0, 0.05) is 30.4 Å². The number of alkyl halides is 3. The molecule has 0 radical (unpaired) electrons. The minimum Gasteiger partial charge on any atom is -0.307 e. The van der Waals surface area contributed by atoms with Crippen LogP contribution in [0.15, 0.2) is 54.4 Å². The lowest BCUT2D eigenvalue weighted by Crippen LogP contribution is -2.45. The normalized spacial score (nSPS) is 19.8. The highest BCUT2D eigenvalue weighted by molar-refractivity contribution is 6.09. The number of benzene rings is 1. The first kappa shape index (κ1) is 25.3. The molecule has 2 aromatic rings. The third-order valence-corrected chi connectivity index (χ3v) is 7.58. The van der Waals surface area contributed by atoms with Crippen LogP contribution in [0, 0.1) is 0 Å². The number of aromatic nitrogens is 1. The van der Waals surface area contributed by atoms with Crippen LogP contribution < -0.4 is 15.5 Å². The topological polar surface area (TPSA) is 77.6 Å². The monoisotopic (exact) mass is 513 g/mol. The van der Waals surface area contributed by atoms with Gasteiger partial charge in [-0.1, -0.05) is 24.6 Å². The van der Waals surface area contributed by atoms with Gasteiger partial charge in [-0.05, 0) is 75.0 Å². The van der Waals surface area contributed by atoms with Crippen molar-refractivity contribution in [3.63, 3.8) is 0 Å². The zero-order valence-electron chi connectivity index (χ0n) is 20.5. The Kier molecular flexibility index (Phi) is 6.94. The molecular weight excluding hydrogens is 483 g/mol. The SMILES string of the molecule is O=C(NC1=CCCN(c2ccc(C3(CN4CCCC4)CCC3)cc2)C1=O)Nc1ccc(C(F)(F)F)cn1. The zero-order chi connectivity index (χ0) is 26.0. The van der Waals surface area contributed by atoms with Crippen LogP contribution in [0.3, 0.4) is 0 Å². The number of pyridine rings is 1. The number of nitrogens with zero attached hydrogens (tertiary/aromatic N) is 3. The van der Waals surface area contributed by atoms with Gasteiger partial charge in [-0.25, -0.2) is 9.78 Å². The van der Waals surface area contributed by atoms with Crippen molar-refractivity contribution in [2.24, 2.45) is 0 Å². The molecule has 1 aromatic carbocycles. The third-order valence-electron chi connectivity index (χ3n) is 7.58. The van der Waals surface area contributed by atoms with E-state index in [1.165, 1.54) is 50.8 Å². The maximum Gasteiger partial charge on any atom is 0.417 e. The van der Waals surface area contributed by atoms with Gasteiger partial charge in [0.2, 0.25) is 0 Å². The smallest absolute Gasteiger partial charge is 0.307 e. The minimum absolute atomic E-state index is 0.0549. The predicted octanol–water partition coefficient (Wildman–Crippen LogP) is 5.06. The molecule has 1 aromatic heterocycles. The van der Waals surface area contributed by atoms with E-state index in [4.69, 9.17) is 0 Å². The summed E-state index contributed by atoms with van der Waals surface area (Å²) in [5.41, 5.74) is 1.48. The van der Waals surface area contributed by atoms with Gasteiger partial charge in [0.15, 0.2) is 0 Å². The van der Waals surface area contributed by atoms with E-state index in [0.717, 1.165) is 24.4 Å². The Bertz CT molecular complexity index is 1170. The summed E-state index contributed by atoms with van der Waals surface area (Å²) < 4.78 is 38.1. The predicted molar refractivity (Wildman–Crippen MR) is 134 cm³/mol. The van der Waals surface area contributed by atoms with Gasteiger partial charge >= 0.3 is 12.2 Å². The van der Waals surface area contributed by atoms with E-state index in [-0.39, 0.29) is 22.8 Å². The van der Waals surface area contributed by atoms with Gasteiger partial charge in [-0.15, -0.1) is 0 Å². The van der Waals surface area contributed by atoms with E-state index < -0.39 is 17.8 Å². The van der Waals surface area contributed by atoms with Crippen LogP contribution in [0.5, 0.6) is 0 Å². The Morgan fingerprint density at radius 2 is 1.70 bits per heavy atom. The molecule has 3 aliphatic rings. The molecule has 2 aliphatic heterocycles. The quantitative estimate of drug-likeness (QED) is 0.566. The van der Waals surface area contributed by atoms with Crippen molar-refractivity contribution in [1.82, 2.24) is 15.2 Å². The van der Waals surface area contributed by atoms with Crippen molar-refractivity contribution in [3.05, 3.63) is 65.5 Å². The molecule has 37 heavy (non-hydrogen) atoms. The van der Waals surface area contributed by atoms with E-state index >= 15 is 0 Å². The Morgan fingerprint density at radius 1 is 0.973 bits per heavy atom. The average molecular weight is 514 g/mol. The van der Waals surface area contributed by atoms with Crippen LogP contribution in [-0.4, -0.2) is 48.0 Å². The number of hydrogen-bond acceptors (Lipinski definition) is 4. The first-order chi connectivity index (χ1) is 17.7. The number of urea groups is 1. The summed E-state index contributed by atoms with van der Waals surface area (Å²) in [6, 6.07) is 9.36. The summed E-state index contributed by atoms with van der Waals surface area (Å²) in [5.74, 6) is -0.398. The lowest BCUT2D eigenvalue weighted by Gasteiger charge is -2.45. The molecule has 2 fully saturated rings. The van der Waals surface area contributed by atoms with Gasteiger partial charge in [-0.2, -0.15) is 13.2 Å². The molecule has 196 valence electrons. The summed E-state index contributed by atoms with van der Waals surface area (Å²) in [4.78, 5) is 33.3. The lowest BCUT2D eigenvalue weighted by molar-refractivity contribution is -0.137. The molecule has 7 nitrogen and oxygen atoms in total. The van der Waals surface area contributed by atoms with Crippen LogP contribution in [0.25, 0.3) is 0 Å². The minimum atomic E-state index is -4.51. The fourth-order valence-corrected chi connectivity index (χ4v) is 5.43. The zero-order valence-corrected chi connectivity index (χ0v) is 20.5. The standard InChI is InChI=1S/C27H30F3N5O2/c28-27(29,30)20-8-11-23(31-17-20)33-25(37)32-22-5-3-16-35(24(22)36)21-9-6-19(7-10-21)26(12-4-13-26)18-34-14-1-2-15-34/h5-11,17H,1-4,12-16,18H2,(H2,31,32,33,37). The number of rotatable bonds is 6. The summed E-state index contributed by atoms with van der Waals surface area (Å²) in [7, 11) is 0. The Morgan fingerprint density at radius 3 is 2.30 bits per heavy atom. The highest BCUT2D eigenvalue weighted by atomic mass is 19.4. The van der Waals surface area contributed by atoms with E-state index in [2.05, 4.69) is 32.7 Å². The Labute approximate surface area is 213 Å². The van der Waals surface area contributed by atoms with Gasteiger partial charge in [0.25, 0.3) is 5.91 Å². The van der Waals surface area contributed by atoms with Crippen LogP contribution in [0.2, 0.25) is 0 Å². The van der Waals surface area contributed by atoms with Gasteiger partial charge in [0.1, 0.15) is 11.5 Å². The largest absolute Gasteiger partial charge is 0.417 e. The van der Waals surface area contributed by atoms with E-state index in [9.17, 15) is 22.8 Å². The average Bonchev–Trinajstić information content (AvgIpc) is 3.36. The van der Waals surface area contributed by atoms with Crippen LogP contribution in [0.1, 0.15) is 49.7 Å². The Hall–Kier alpha value is -3.40. The fraction of sp³-hybridized carbons (Fsp3) is 0.444. The number of amides is 3. The summed E-state index contributed by atoms with van der Waals surface area (Å²) in [6.07, 6.45) is 4.49. The van der Waals surface area contributed by atoms with Gasteiger partial charge in [-0.3, -0.25) is 10.1 Å². The number of anilines is 2. The molecule has 1 aliphatic carbocycles. The van der Waals surface area contributed by atoms with Gasteiger partial charge < -0.3 is 15.1 Å². The summed E-state index contributed by atoms with van der Waals surface area (Å²) >= 11 is 0. The van der Waals surface area contributed by atoms with Crippen molar-refractivity contribution in [2.45, 2.75) is 50.1 Å². The molecule has 1 saturated heterocycles. The molecule has 0 unspecified atom stereocenters. The first-order valence-electron chi connectivity index (χ1n) is 12.7. The van der Waals surface area contributed by atoms with Crippen LogP contribution in [0.4, 0.5) is 29.5 Å². The van der Waals surface area contributed by atoms with Gasteiger partial charge in [0.05, 0.1) is 5.56 Å². The first-order valence-corrected chi connectivity index (χ1v) is 12.7. The second-order valence-electron chi connectivity index (χ2n) is 10.0. The molecule has 0 atom stereocenters. The second kappa shape index (κ2) is 10.2. The molecule has 5 rings (SSSR count). The van der Waals surface area contributed by atoms with Crippen molar-refractivity contribution in [1.29, 1.82) is 0 Å². The molecule has 0 bridgehead atoms. The van der Waals surface area contributed by atoms with Crippen LogP contribution >= 0.6 is 0 Å². The molecule has 0 spiro atoms. The highest BCUT2D eigenvalue weighted by Gasteiger charge is 2.40. The van der Waals surface area contributed by atoms with Crippen molar-refractivity contribution in [2.75, 3.05) is 36.4 Å². The van der Waals surface area contributed by atoms with E-state index in [1.54, 1.807) is 11.0 Å². The molecular formula is C27H30F3N5O2.